The molecule has 1 aromatic rings. The van der Waals surface area contributed by atoms with E-state index in [9.17, 15) is 23.1 Å². The Kier molecular flexibility index (Phi) is 4.79. The highest BCUT2D eigenvalue weighted by molar-refractivity contribution is 7.92. The average Bonchev–Trinajstić information content (AvgIpc) is 2.88. The fraction of sp³-hybridized carbons (Fsp3) is 0.500. The van der Waals surface area contributed by atoms with Gasteiger partial charge in [-0.25, -0.2) is 8.42 Å². The SMILES string of the molecule is C[C@@]1(C(=O)O)CCN(C(=O)[C@H](Cc2ccccc2)S(C)(=O)=O)C1. The Labute approximate surface area is 136 Å². The Hall–Kier alpha value is -1.89. The molecule has 0 spiro atoms. The fourth-order valence-corrected chi connectivity index (χ4v) is 3.79. The zero-order chi connectivity index (χ0) is 17.3. The van der Waals surface area contributed by atoms with E-state index >= 15 is 0 Å². The topological polar surface area (TPSA) is 91.8 Å². The third kappa shape index (κ3) is 3.90. The number of benzene rings is 1. The second kappa shape index (κ2) is 6.31. The van der Waals surface area contributed by atoms with Gasteiger partial charge < -0.3 is 10.0 Å². The smallest absolute Gasteiger partial charge is 0.311 e. The van der Waals surface area contributed by atoms with Crippen molar-refractivity contribution >= 4 is 21.7 Å². The normalized spacial score (nSPS) is 22.8. The summed E-state index contributed by atoms with van der Waals surface area (Å²) in [5.41, 5.74) is -0.249. The molecule has 1 aliphatic heterocycles. The van der Waals surface area contributed by atoms with Gasteiger partial charge >= 0.3 is 5.97 Å². The van der Waals surface area contributed by atoms with E-state index in [2.05, 4.69) is 0 Å². The maximum Gasteiger partial charge on any atom is 0.311 e. The van der Waals surface area contributed by atoms with E-state index in [1.54, 1.807) is 31.2 Å². The number of carbonyl (C=O) groups is 2. The third-order valence-electron chi connectivity index (χ3n) is 4.36. The van der Waals surface area contributed by atoms with Gasteiger partial charge in [0.2, 0.25) is 5.91 Å². The van der Waals surface area contributed by atoms with Crippen LogP contribution < -0.4 is 0 Å². The van der Waals surface area contributed by atoms with Crippen molar-refractivity contribution in [1.82, 2.24) is 4.90 Å². The molecule has 0 saturated carbocycles. The molecule has 0 unspecified atom stereocenters. The van der Waals surface area contributed by atoms with E-state index in [0.717, 1.165) is 11.8 Å². The molecule has 6 nitrogen and oxygen atoms in total. The maximum absolute atomic E-state index is 12.7. The summed E-state index contributed by atoms with van der Waals surface area (Å²) in [4.78, 5) is 25.3. The second-order valence-corrected chi connectivity index (χ2v) is 8.61. The van der Waals surface area contributed by atoms with Crippen LogP contribution in [0.25, 0.3) is 0 Å². The predicted octanol–water partition coefficient (Wildman–Crippen LogP) is 0.965. The summed E-state index contributed by atoms with van der Waals surface area (Å²) in [5, 5.41) is 8.07. The number of sulfone groups is 1. The first-order chi connectivity index (χ1) is 10.6. The van der Waals surface area contributed by atoms with Gasteiger partial charge in [-0.05, 0) is 25.3 Å². The molecule has 0 radical (unpaired) electrons. The van der Waals surface area contributed by atoms with E-state index in [1.807, 2.05) is 6.07 Å². The summed E-state index contributed by atoms with van der Waals surface area (Å²) in [6.45, 7) is 1.89. The highest BCUT2D eigenvalue weighted by Gasteiger charge is 2.44. The summed E-state index contributed by atoms with van der Waals surface area (Å²) < 4.78 is 24.1. The lowest BCUT2D eigenvalue weighted by atomic mass is 9.90. The molecule has 126 valence electrons. The molecule has 1 fully saturated rings. The highest BCUT2D eigenvalue weighted by Crippen LogP contribution is 2.31. The van der Waals surface area contributed by atoms with E-state index < -0.39 is 32.4 Å². The number of likely N-dealkylation sites (tertiary alicyclic amines) is 1. The Morgan fingerprint density at radius 3 is 2.39 bits per heavy atom. The van der Waals surface area contributed by atoms with Crippen molar-refractivity contribution in [3.8, 4) is 0 Å². The largest absolute Gasteiger partial charge is 0.481 e. The molecule has 1 amide bonds. The number of hydrogen-bond donors (Lipinski definition) is 1. The monoisotopic (exact) mass is 339 g/mol. The minimum absolute atomic E-state index is 0.0436. The molecule has 1 saturated heterocycles. The summed E-state index contributed by atoms with van der Waals surface area (Å²) in [5.74, 6) is -1.48. The lowest BCUT2D eigenvalue weighted by molar-refractivity contribution is -0.147. The van der Waals surface area contributed by atoms with Crippen LogP contribution in [-0.4, -0.2) is 54.9 Å². The van der Waals surface area contributed by atoms with Gasteiger partial charge in [0.1, 0.15) is 5.25 Å². The number of nitrogens with zero attached hydrogens (tertiary/aromatic N) is 1. The number of amides is 1. The molecule has 23 heavy (non-hydrogen) atoms. The quantitative estimate of drug-likeness (QED) is 0.863. The Bertz CT molecular complexity index is 700. The van der Waals surface area contributed by atoms with Crippen molar-refractivity contribution in [2.24, 2.45) is 5.41 Å². The molecule has 1 aromatic carbocycles. The van der Waals surface area contributed by atoms with Crippen LogP contribution in [0.3, 0.4) is 0 Å². The molecule has 0 bridgehead atoms. The van der Waals surface area contributed by atoms with Crippen molar-refractivity contribution < 1.29 is 23.1 Å². The number of carbonyl (C=O) groups excluding carboxylic acids is 1. The van der Waals surface area contributed by atoms with Gasteiger partial charge in [0.25, 0.3) is 0 Å². The van der Waals surface area contributed by atoms with Crippen LogP contribution >= 0.6 is 0 Å². The number of hydrogen-bond acceptors (Lipinski definition) is 4. The number of carboxylic acid groups (broad SMARTS) is 1. The molecule has 7 heteroatoms. The molecule has 1 aliphatic rings. The lowest BCUT2D eigenvalue weighted by Crippen LogP contribution is -2.44. The third-order valence-corrected chi connectivity index (χ3v) is 5.76. The fourth-order valence-electron chi connectivity index (χ4n) is 2.78. The number of carboxylic acids is 1. The molecule has 1 heterocycles. The number of aliphatic carboxylic acids is 1. The summed E-state index contributed by atoms with van der Waals surface area (Å²) in [7, 11) is -3.60. The predicted molar refractivity (Wildman–Crippen MR) is 85.7 cm³/mol. The van der Waals surface area contributed by atoms with E-state index in [1.165, 1.54) is 4.90 Å². The van der Waals surface area contributed by atoms with Crippen molar-refractivity contribution in [3.05, 3.63) is 35.9 Å². The molecule has 0 aromatic heterocycles. The van der Waals surface area contributed by atoms with E-state index in [-0.39, 0.29) is 19.5 Å². The van der Waals surface area contributed by atoms with Crippen LogP contribution in [0.4, 0.5) is 0 Å². The van der Waals surface area contributed by atoms with Crippen LogP contribution in [0.1, 0.15) is 18.9 Å². The maximum atomic E-state index is 12.7. The van der Waals surface area contributed by atoms with Crippen molar-refractivity contribution in [2.45, 2.75) is 25.0 Å². The first-order valence-corrected chi connectivity index (χ1v) is 9.34. The van der Waals surface area contributed by atoms with Crippen LogP contribution in [0, 0.1) is 5.41 Å². The minimum atomic E-state index is -3.60. The zero-order valence-corrected chi connectivity index (χ0v) is 14.0. The van der Waals surface area contributed by atoms with Crippen molar-refractivity contribution in [2.75, 3.05) is 19.3 Å². The Balaban J connectivity index is 2.21. The first kappa shape index (κ1) is 17.5. The highest BCUT2D eigenvalue weighted by atomic mass is 32.2. The second-order valence-electron chi connectivity index (χ2n) is 6.38. The lowest BCUT2D eigenvalue weighted by Gasteiger charge is -2.24. The first-order valence-electron chi connectivity index (χ1n) is 7.38. The summed E-state index contributed by atoms with van der Waals surface area (Å²) in [6.07, 6.45) is 1.47. The van der Waals surface area contributed by atoms with Gasteiger partial charge in [-0.1, -0.05) is 30.3 Å². The van der Waals surface area contributed by atoms with Gasteiger partial charge in [0.15, 0.2) is 9.84 Å². The van der Waals surface area contributed by atoms with Gasteiger partial charge in [-0.3, -0.25) is 9.59 Å². The van der Waals surface area contributed by atoms with Crippen LogP contribution in [0.15, 0.2) is 30.3 Å². The Morgan fingerprint density at radius 1 is 1.30 bits per heavy atom. The van der Waals surface area contributed by atoms with E-state index in [0.29, 0.717) is 6.42 Å². The molecule has 2 atom stereocenters. The average molecular weight is 339 g/mol. The van der Waals surface area contributed by atoms with Crippen LogP contribution in [-0.2, 0) is 25.8 Å². The van der Waals surface area contributed by atoms with Gasteiger partial charge in [-0.15, -0.1) is 0 Å². The van der Waals surface area contributed by atoms with Gasteiger partial charge in [0.05, 0.1) is 5.41 Å². The summed E-state index contributed by atoms with van der Waals surface area (Å²) >= 11 is 0. The molecular weight excluding hydrogens is 318 g/mol. The molecular formula is C16H21NO5S. The van der Waals surface area contributed by atoms with Gasteiger partial charge in [0, 0.05) is 19.3 Å². The number of rotatable bonds is 5. The molecule has 1 N–H and O–H groups in total. The van der Waals surface area contributed by atoms with Crippen molar-refractivity contribution in [1.29, 1.82) is 0 Å². The minimum Gasteiger partial charge on any atom is -0.481 e. The standard InChI is InChI=1S/C16H21NO5S/c1-16(15(19)20)8-9-17(11-16)14(18)13(23(2,21)22)10-12-6-4-3-5-7-12/h3-7,13H,8-11H2,1-2H3,(H,19,20)/t13-,16+/m0/s1. The van der Waals surface area contributed by atoms with E-state index in [4.69, 9.17) is 0 Å². The van der Waals surface area contributed by atoms with Gasteiger partial charge in [-0.2, -0.15) is 0 Å². The Morgan fingerprint density at radius 2 is 1.91 bits per heavy atom. The zero-order valence-electron chi connectivity index (χ0n) is 13.2. The van der Waals surface area contributed by atoms with Crippen LogP contribution in [0.5, 0.6) is 0 Å². The van der Waals surface area contributed by atoms with Crippen LogP contribution in [0.2, 0.25) is 0 Å². The molecule has 0 aliphatic carbocycles. The summed E-state index contributed by atoms with van der Waals surface area (Å²) in [6, 6.07) is 8.94. The molecule has 2 rings (SSSR count). The van der Waals surface area contributed by atoms with Crippen molar-refractivity contribution in [3.63, 3.8) is 0 Å².